The van der Waals surface area contributed by atoms with E-state index in [0.29, 0.717) is 0 Å². The van der Waals surface area contributed by atoms with Gasteiger partial charge in [0.25, 0.3) is 0 Å². The number of hydrogen-bond acceptors (Lipinski definition) is 2. The quantitative estimate of drug-likeness (QED) is 0.0361. The number of benzene rings is 9. The Morgan fingerprint density at radius 1 is 0.242 bits per heavy atom. The summed E-state index contributed by atoms with van der Waals surface area (Å²) < 4.78 is 0. The highest BCUT2D eigenvalue weighted by Crippen LogP contribution is 2.62. The van der Waals surface area contributed by atoms with E-state index in [-0.39, 0.29) is 10.8 Å². The minimum Gasteiger partial charge on any atom is -0.310 e. The van der Waals surface area contributed by atoms with E-state index < -0.39 is 0 Å². The summed E-state index contributed by atoms with van der Waals surface area (Å²) in [6.07, 6.45) is 35.7. The lowest BCUT2D eigenvalue weighted by atomic mass is 9.68. The molecular formula is C89H106N2. The fourth-order valence-electron chi connectivity index (χ4n) is 16.1. The predicted octanol–water partition coefficient (Wildman–Crippen LogP) is 27.8. The maximum absolute atomic E-state index is 2.85. The van der Waals surface area contributed by atoms with Gasteiger partial charge in [-0.1, -0.05) is 327 Å². The molecule has 2 aliphatic carbocycles. The monoisotopic (exact) mass is 1200 g/mol. The number of anilines is 6. The number of para-hydroxylation sites is 3. The number of rotatable bonds is 36. The van der Waals surface area contributed by atoms with Crippen molar-refractivity contribution in [3.05, 3.63) is 240 Å². The first-order chi connectivity index (χ1) is 44.9. The topological polar surface area (TPSA) is 6.48 Å². The van der Waals surface area contributed by atoms with Gasteiger partial charge in [-0.2, -0.15) is 0 Å². The van der Waals surface area contributed by atoms with E-state index in [1.165, 1.54) is 264 Å². The van der Waals surface area contributed by atoms with Crippen molar-refractivity contribution in [1.29, 1.82) is 0 Å². The van der Waals surface area contributed by atoms with Crippen LogP contribution in [-0.4, -0.2) is 0 Å². The van der Waals surface area contributed by atoms with Crippen LogP contribution in [0, 0.1) is 6.92 Å². The minimum atomic E-state index is -0.141. The molecule has 0 N–H and O–H groups in total. The van der Waals surface area contributed by atoms with Gasteiger partial charge in [0.15, 0.2) is 0 Å². The van der Waals surface area contributed by atoms with E-state index in [0.717, 1.165) is 0 Å². The predicted molar refractivity (Wildman–Crippen MR) is 396 cm³/mol. The zero-order valence-corrected chi connectivity index (χ0v) is 56.4. The average Bonchev–Trinajstić information content (AvgIpc) is 1.53. The van der Waals surface area contributed by atoms with Gasteiger partial charge in [-0.15, -0.1) is 0 Å². The van der Waals surface area contributed by atoms with Gasteiger partial charge >= 0.3 is 0 Å². The fourth-order valence-corrected chi connectivity index (χ4v) is 16.1. The summed E-state index contributed by atoms with van der Waals surface area (Å²) in [5.74, 6) is 0. The molecule has 2 nitrogen and oxygen atoms in total. The number of aryl methyl sites for hydroxylation is 1. The number of hydrogen-bond donors (Lipinski definition) is 0. The minimum absolute atomic E-state index is 0.139. The van der Waals surface area contributed by atoms with Crippen molar-refractivity contribution in [2.45, 2.75) is 225 Å². The summed E-state index contributed by atoms with van der Waals surface area (Å²) in [4.78, 5) is 5.16. The molecule has 91 heavy (non-hydrogen) atoms. The third-order valence-electron chi connectivity index (χ3n) is 20.9. The van der Waals surface area contributed by atoms with Crippen LogP contribution in [0.15, 0.2) is 212 Å². The van der Waals surface area contributed by atoms with Crippen LogP contribution in [0.3, 0.4) is 0 Å². The zero-order chi connectivity index (χ0) is 62.7. The van der Waals surface area contributed by atoms with E-state index in [1.54, 1.807) is 22.3 Å². The number of fused-ring (bicyclic) bond motifs is 6. The fraction of sp³-hybridized carbons (Fsp3) is 0.393. The largest absolute Gasteiger partial charge is 0.310 e. The molecule has 0 unspecified atom stereocenters. The van der Waals surface area contributed by atoms with Crippen molar-refractivity contribution < 1.29 is 0 Å². The lowest BCUT2D eigenvalue weighted by Gasteiger charge is -2.36. The van der Waals surface area contributed by atoms with Gasteiger partial charge in [0, 0.05) is 44.7 Å². The highest BCUT2D eigenvalue weighted by atomic mass is 15.2. The third-order valence-corrected chi connectivity index (χ3v) is 20.9. The molecule has 0 amide bonds. The van der Waals surface area contributed by atoms with Crippen LogP contribution in [0.5, 0.6) is 0 Å². The van der Waals surface area contributed by atoms with Crippen LogP contribution in [0.2, 0.25) is 0 Å². The van der Waals surface area contributed by atoms with E-state index >= 15 is 0 Å². The molecule has 0 saturated heterocycles. The van der Waals surface area contributed by atoms with Gasteiger partial charge in [-0.05, 0) is 161 Å². The van der Waals surface area contributed by atoms with E-state index in [1.807, 2.05) is 0 Å². The molecule has 9 aromatic carbocycles. The molecule has 0 radical (unpaired) electrons. The molecule has 0 spiro atoms. The standard InChI is InChI=1S/C89H106N2/c1-6-10-14-18-22-39-61-88(62-40-23-19-15-11-7-2)82-65-74(90(72-47-33-28-34-48-72)86-51-37-35-49-76(86)70-43-29-26-30-44-70)57-59-78(82)80-67-85-81(68-84(80)88)79-60-58-75(66-83(79)89(85,63-41-24-20-16-12-8-3)64-42-25-21-17-13-9-4)91(73-55-53-69(5)54-56-73)87-52-38-36-50-77(87)71-45-31-27-32-46-71/h26-38,43-60,65-68H,6-25,39-42,61-64H2,1-5H3. The average molecular weight is 1200 g/mol. The first-order valence-corrected chi connectivity index (χ1v) is 36.4. The van der Waals surface area contributed by atoms with Crippen molar-refractivity contribution in [1.82, 2.24) is 0 Å². The Morgan fingerprint density at radius 2 is 0.538 bits per heavy atom. The van der Waals surface area contributed by atoms with Gasteiger partial charge in [-0.3, -0.25) is 0 Å². The smallest absolute Gasteiger partial charge is 0.0540 e. The van der Waals surface area contributed by atoms with Crippen LogP contribution >= 0.6 is 0 Å². The molecule has 0 aliphatic heterocycles. The van der Waals surface area contributed by atoms with Gasteiger partial charge in [-0.25, -0.2) is 0 Å². The Kier molecular flexibility index (Phi) is 23.1. The lowest BCUT2D eigenvalue weighted by Crippen LogP contribution is -2.27. The van der Waals surface area contributed by atoms with E-state index in [4.69, 9.17) is 0 Å². The SMILES string of the molecule is CCCCCCCCC1(CCCCCCCC)c2cc(N(c3ccccc3)c3ccccc3-c3ccccc3)ccc2-c2cc3c(cc21)-c1ccc(N(c2ccc(C)cc2)c2ccccc2-c2ccccc2)cc1C3(CCCCCCCC)CCCCCCCC. The summed E-state index contributed by atoms with van der Waals surface area (Å²) in [5.41, 5.74) is 25.5. The van der Waals surface area contributed by atoms with Crippen molar-refractivity contribution >= 4 is 34.1 Å². The Labute approximate surface area is 550 Å². The second-order valence-corrected chi connectivity index (χ2v) is 27.2. The molecular weight excluding hydrogens is 1100 g/mol. The van der Waals surface area contributed by atoms with Crippen LogP contribution in [-0.2, 0) is 10.8 Å². The second kappa shape index (κ2) is 32.2. The Hall–Kier alpha value is -7.42. The lowest BCUT2D eigenvalue weighted by molar-refractivity contribution is 0.394. The normalized spacial score (nSPS) is 13.2. The zero-order valence-electron chi connectivity index (χ0n) is 56.4. The van der Waals surface area contributed by atoms with Crippen LogP contribution in [0.4, 0.5) is 34.1 Å². The molecule has 2 aliphatic rings. The molecule has 0 aromatic heterocycles. The summed E-state index contributed by atoms with van der Waals surface area (Å²) in [5, 5.41) is 0. The highest BCUT2D eigenvalue weighted by molar-refractivity contribution is 5.95. The molecule has 472 valence electrons. The summed E-state index contributed by atoms with van der Waals surface area (Å²) in [6, 6.07) is 82.1. The summed E-state index contributed by atoms with van der Waals surface area (Å²) in [6.45, 7) is 11.6. The van der Waals surface area contributed by atoms with Crippen LogP contribution in [0.25, 0.3) is 44.5 Å². The molecule has 0 bridgehead atoms. The highest BCUT2D eigenvalue weighted by Gasteiger charge is 2.48. The number of unbranched alkanes of at least 4 members (excludes halogenated alkanes) is 20. The number of nitrogens with zero attached hydrogens (tertiary/aromatic N) is 2. The molecule has 0 atom stereocenters. The van der Waals surface area contributed by atoms with Crippen LogP contribution in [0.1, 0.15) is 235 Å². The molecule has 9 aromatic rings. The van der Waals surface area contributed by atoms with Crippen molar-refractivity contribution in [2.24, 2.45) is 0 Å². The molecule has 0 saturated carbocycles. The molecule has 2 heteroatoms. The van der Waals surface area contributed by atoms with Crippen molar-refractivity contribution in [2.75, 3.05) is 9.80 Å². The Morgan fingerprint density at radius 3 is 0.912 bits per heavy atom. The van der Waals surface area contributed by atoms with Crippen molar-refractivity contribution in [3.63, 3.8) is 0 Å². The third kappa shape index (κ3) is 14.8. The maximum Gasteiger partial charge on any atom is 0.0540 e. The maximum atomic E-state index is 2.85. The van der Waals surface area contributed by atoms with Gasteiger partial charge in [0.1, 0.15) is 0 Å². The van der Waals surface area contributed by atoms with Crippen molar-refractivity contribution in [3.8, 4) is 44.5 Å². The molecule has 11 rings (SSSR count). The molecule has 0 heterocycles. The summed E-state index contributed by atoms with van der Waals surface area (Å²) in [7, 11) is 0. The second-order valence-electron chi connectivity index (χ2n) is 27.2. The Balaban J connectivity index is 1.13. The Bertz CT molecular complexity index is 3660. The van der Waals surface area contributed by atoms with Gasteiger partial charge in [0.05, 0.1) is 11.4 Å². The van der Waals surface area contributed by atoms with Gasteiger partial charge < -0.3 is 9.80 Å². The molecule has 0 fully saturated rings. The summed E-state index contributed by atoms with van der Waals surface area (Å²) >= 11 is 0. The van der Waals surface area contributed by atoms with Crippen LogP contribution < -0.4 is 9.80 Å². The first-order valence-electron chi connectivity index (χ1n) is 36.4. The van der Waals surface area contributed by atoms with E-state index in [2.05, 4.69) is 257 Å². The first kappa shape index (κ1) is 65.1. The van der Waals surface area contributed by atoms with E-state index in [9.17, 15) is 0 Å². The van der Waals surface area contributed by atoms with Gasteiger partial charge in [0.2, 0.25) is 0 Å².